The first-order valence-corrected chi connectivity index (χ1v) is 7.92. The van der Waals surface area contributed by atoms with E-state index in [1.165, 1.54) is 0 Å². The number of sulfonamides is 1. The molecule has 0 bridgehead atoms. The highest BCUT2D eigenvalue weighted by molar-refractivity contribution is 7.91. The van der Waals surface area contributed by atoms with Crippen LogP contribution in [0.5, 0.6) is 0 Å². The zero-order valence-electron chi connectivity index (χ0n) is 10.8. The number of hydrogen-bond donors (Lipinski definition) is 2. The number of nitrogens with two attached hydrogens (primary N) is 1. The Labute approximate surface area is 123 Å². The van der Waals surface area contributed by atoms with Crippen LogP contribution in [-0.4, -0.2) is 30.0 Å². The van der Waals surface area contributed by atoms with E-state index in [1.807, 2.05) is 0 Å². The van der Waals surface area contributed by atoms with Gasteiger partial charge in [0, 0.05) is 19.0 Å². The highest BCUT2D eigenvalue weighted by Gasteiger charge is 2.24. The summed E-state index contributed by atoms with van der Waals surface area (Å²) in [5.74, 6) is 0.751. The van der Waals surface area contributed by atoms with Gasteiger partial charge in [0.25, 0.3) is 0 Å². The van der Waals surface area contributed by atoms with Gasteiger partial charge in [-0.25, -0.2) is 13.1 Å². The molecule has 0 aliphatic heterocycles. The van der Waals surface area contributed by atoms with Gasteiger partial charge >= 0.3 is 5.69 Å². The van der Waals surface area contributed by atoms with E-state index < -0.39 is 20.6 Å². The molecule has 0 spiro atoms. The SMILES string of the molecule is Cc1noc(CCNS(=O)(=O)c2cc([N+](=O)[O-])c(N)s2)n1. The lowest BCUT2D eigenvalue weighted by Crippen LogP contribution is -2.25. The van der Waals surface area contributed by atoms with Crippen LogP contribution in [-0.2, 0) is 16.4 Å². The van der Waals surface area contributed by atoms with Gasteiger partial charge < -0.3 is 10.3 Å². The molecule has 0 aliphatic carbocycles. The van der Waals surface area contributed by atoms with Crippen LogP contribution in [0.1, 0.15) is 11.7 Å². The third-order valence-electron chi connectivity index (χ3n) is 2.38. The maximum Gasteiger partial charge on any atom is 0.304 e. The van der Waals surface area contributed by atoms with Gasteiger partial charge in [0.2, 0.25) is 15.9 Å². The van der Waals surface area contributed by atoms with Gasteiger partial charge in [-0.2, -0.15) is 4.98 Å². The molecule has 0 radical (unpaired) electrons. The number of nitrogens with zero attached hydrogens (tertiary/aromatic N) is 3. The molecule has 12 heteroatoms. The molecule has 2 rings (SSSR count). The average Bonchev–Trinajstić information content (AvgIpc) is 2.96. The third kappa shape index (κ3) is 3.53. The number of rotatable bonds is 6. The highest BCUT2D eigenvalue weighted by Crippen LogP contribution is 2.34. The van der Waals surface area contributed by atoms with Gasteiger partial charge in [-0.15, -0.1) is 0 Å². The number of nitro groups is 1. The van der Waals surface area contributed by atoms with Crippen LogP contribution >= 0.6 is 11.3 Å². The minimum absolute atomic E-state index is 0.0234. The summed E-state index contributed by atoms with van der Waals surface area (Å²) in [6, 6.07) is 0.930. The predicted octanol–water partition coefficient (Wildman–Crippen LogP) is 0.451. The fraction of sp³-hybridized carbons (Fsp3) is 0.333. The van der Waals surface area contributed by atoms with Crippen molar-refractivity contribution in [1.29, 1.82) is 0 Å². The molecule has 0 saturated heterocycles. The number of nitrogen functional groups attached to an aromatic ring is 1. The summed E-state index contributed by atoms with van der Waals surface area (Å²) in [4.78, 5) is 13.8. The molecular weight excluding hydrogens is 322 g/mol. The molecule has 2 heterocycles. The molecule has 21 heavy (non-hydrogen) atoms. The van der Waals surface area contributed by atoms with Gasteiger partial charge in [0.05, 0.1) is 4.92 Å². The number of aryl methyl sites for hydroxylation is 1. The first kappa shape index (κ1) is 15.3. The summed E-state index contributed by atoms with van der Waals surface area (Å²) in [6.45, 7) is 1.67. The van der Waals surface area contributed by atoms with Crippen LogP contribution in [0.25, 0.3) is 0 Å². The lowest BCUT2D eigenvalue weighted by molar-refractivity contribution is -0.383. The van der Waals surface area contributed by atoms with Crippen LogP contribution in [0.15, 0.2) is 14.8 Å². The minimum Gasteiger partial charge on any atom is -0.385 e. The van der Waals surface area contributed by atoms with Crippen molar-refractivity contribution in [2.75, 3.05) is 12.3 Å². The predicted molar refractivity (Wildman–Crippen MR) is 73.3 cm³/mol. The van der Waals surface area contributed by atoms with E-state index in [4.69, 9.17) is 10.3 Å². The largest absolute Gasteiger partial charge is 0.385 e. The summed E-state index contributed by atoms with van der Waals surface area (Å²) in [6.07, 6.45) is 0.211. The monoisotopic (exact) mass is 333 g/mol. The Hall–Kier alpha value is -2.05. The first-order chi connectivity index (χ1) is 9.79. The molecular formula is C9H11N5O5S2. The summed E-state index contributed by atoms with van der Waals surface area (Å²) in [5, 5.41) is 14.1. The normalized spacial score (nSPS) is 11.7. The number of thiophene rings is 1. The Balaban J connectivity index is 2.04. The molecule has 2 aromatic rings. The topological polar surface area (TPSA) is 154 Å². The van der Waals surface area contributed by atoms with E-state index in [9.17, 15) is 18.5 Å². The molecule has 0 saturated carbocycles. The fourth-order valence-corrected chi connectivity index (χ4v) is 3.74. The van der Waals surface area contributed by atoms with E-state index in [-0.39, 0.29) is 22.2 Å². The van der Waals surface area contributed by atoms with Crippen molar-refractivity contribution >= 4 is 32.0 Å². The Kier molecular flexibility index (Phi) is 4.20. The minimum atomic E-state index is -3.86. The molecule has 0 unspecified atom stereocenters. The number of anilines is 1. The summed E-state index contributed by atoms with van der Waals surface area (Å²) < 4.78 is 30.9. The van der Waals surface area contributed by atoms with Crippen LogP contribution < -0.4 is 10.5 Å². The molecule has 0 aliphatic rings. The average molecular weight is 333 g/mol. The quantitative estimate of drug-likeness (QED) is 0.570. The van der Waals surface area contributed by atoms with Crippen LogP contribution in [0.4, 0.5) is 10.7 Å². The lowest BCUT2D eigenvalue weighted by atomic mass is 10.4. The van der Waals surface area contributed by atoms with Crippen molar-refractivity contribution < 1.29 is 17.9 Å². The molecule has 10 nitrogen and oxygen atoms in total. The van der Waals surface area contributed by atoms with Gasteiger partial charge in [-0.05, 0) is 6.92 Å². The lowest BCUT2D eigenvalue weighted by Gasteiger charge is -2.01. The Morgan fingerprint density at radius 2 is 2.29 bits per heavy atom. The molecule has 0 aromatic carbocycles. The zero-order valence-corrected chi connectivity index (χ0v) is 12.4. The number of hydrogen-bond acceptors (Lipinski definition) is 9. The highest BCUT2D eigenvalue weighted by atomic mass is 32.2. The summed E-state index contributed by atoms with van der Waals surface area (Å²) >= 11 is 0.634. The zero-order chi connectivity index (χ0) is 15.6. The van der Waals surface area contributed by atoms with Crippen molar-refractivity contribution in [2.45, 2.75) is 17.6 Å². The second kappa shape index (κ2) is 5.75. The third-order valence-corrected chi connectivity index (χ3v) is 5.27. The van der Waals surface area contributed by atoms with Crippen LogP contribution in [0.2, 0.25) is 0 Å². The van der Waals surface area contributed by atoms with Gasteiger partial charge in [0.1, 0.15) is 4.21 Å². The van der Waals surface area contributed by atoms with E-state index in [0.717, 1.165) is 6.07 Å². The van der Waals surface area contributed by atoms with Gasteiger partial charge in [-0.3, -0.25) is 10.1 Å². The number of nitrogens with one attached hydrogen (secondary N) is 1. The summed E-state index contributed by atoms with van der Waals surface area (Å²) in [7, 11) is -3.86. The van der Waals surface area contributed by atoms with Crippen molar-refractivity contribution in [3.63, 3.8) is 0 Å². The van der Waals surface area contributed by atoms with Crippen LogP contribution in [0.3, 0.4) is 0 Å². The molecule has 0 amide bonds. The summed E-state index contributed by atoms with van der Waals surface area (Å²) in [5.41, 5.74) is 4.99. The van der Waals surface area contributed by atoms with E-state index in [0.29, 0.717) is 23.1 Å². The maximum absolute atomic E-state index is 12.0. The molecule has 0 atom stereocenters. The fourth-order valence-electron chi connectivity index (χ4n) is 1.45. The Bertz CT molecular complexity index is 765. The smallest absolute Gasteiger partial charge is 0.304 e. The van der Waals surface area contributed by atoms with Crippen molar-refractivity contribution in [2.24, 2.45) is 0 Å². The van der Waals surface area contributed by atoms with Crippen LogP contribution in [0, 0.1) is 17.0 Å². The molecule has 2 aromatic heterocycles. The molecule has 114 valence electrons. The number of aromatic nitrogens is 2. The van der Waals surface area contributed by atoms with Crippen molar-refractivity contribution in [3.05, 3.63) is 27.9 Å². The van der Waals surface area contributed by atoms with E-state index in [2.05, 4.69) is 14.9 Å². The second-order valence-electron chi connectivity index (χ2n) is 3.96. The van der Waals surface area contributed by atoms with Crippen molar-refractivity contribution in [3.8, 4) is 0 Å². The first-order valence-electron chi connectivity index (χ1n) is 5.62. The van der Waals surface area contributed by atoms with Gasteiger partial charge in [0.15, 0.2) is 10.8 Å². The Morgan fingerprint density at radius 1 is 1.57 bits per heavy atom. The standard InChI is InChI=1S/C9H11N5O5S2/c1-5-12-7(19-13-5)2-3-11-21(17,18)8-4-6(14(15)16)9(10)20-8/h4,11H,2-3,10H2,1H3. The van der Waals surface area contributed by atoms with E-state index >= 15 is 0 Å². The molecule has 0 fully saturated rings. The molecule has 3 N–H and O–H groups in total. The maximum atomic E-state index is 12.0. The van der Waals surface area contributed by atoms with Gasteiger partial charge in [-0.1, -0.05) is 16.5 Å². The Morgan fingerprint density at radius 3 is 2.81 bits per heavy atom. The second-order valence-corrected chi connectivity index (χ2v) is 7.03. The van der Waals surface area contributed by atoms with Crippen molar-refractivity contribution in [1.82, 2.24) is 14.9 Å². The van der Waals surface area contributed by atoms with E-state index in [1.54, 1.807) is 6.92 Å².